The van der Waals surface area contributed by atoms with Crippen molar-refractivity contribution in [2.24, 2.45) is 0 Å². The Balaban J connectivity index is 1.20. The van der Waals surface area contributed by atoms with Gasteiger partial charge in [0.05, 0.1) is 0 Å². The van der Waals surface area contributed by atoms with E-state index in [1.54, 1.807) is 6.20 Å². The van der Waals surface area contributed by atoms with E-state index in [2.05, 4.69) is 65.3 Å². The summed E-state index contributed by atoms with van der Waals surface area (Å²) in [7, 11) is 0. The molecule has 0 atom stereocenters. The number of amides is 3. The summed E-state index contributed by atoms with van der Waals surface area (Å²) in [5.74, 6) is -0.00669. The summed E-state index contributed by atoms with van der Waals surface area (Å²) in [4.78, 5) is 36.7. The highest BCUT2D eigenvalue weighted by Crippen LogP contribution is 2.37. The fraction of sp³-hybridized carbons (Fsp3) is 0.387. The summed E-state index contributed by atoms with van der Waals surface area (Å²) in [6.07, 6.45) is 6.53. The van der Waals surface area contributed by atoms with Crippen LogP contribution < -0.4 is 0 Å². The largest absolute Gasteiger partial charge is 0.327 e. The fourth-order valence-corrected chi connectivity index (χ4v) is 5.91. The Morgan fingerprint density at radius 1 is 0.919 bits per heavy atom. The first-order chi connectivity index (χ1) is 18.0. The van der Waals surface area contributed by atoms with E-state index in [0.29, 0.717) is 25.9 Å². The molecule has 2 aliphatic heterocycles. The highest BCUT2D eigenvalue weighted by Gasteiger charge is 2.57. The van der Waals surface area contributed by atoms with E-state index in [1.807, 2.05) is 30.2 Å². The molecule has 0 aliphatic carbocycles. The number of piperidine rings is 1. The van der Waals surface area contributed by atoms with Gasteiger partial charge >= 0.3 is 6.03 Å². The van der Waals surface area contributed by atoms with Gasteiger partial charge in [-0.25, -0.2) is 4.79 Å². The van der Waals surface area contributed by atoms with Gasteiger partial charge in [-0.3, -0.25) is 19.6 Å². The number of aryl methyl sites for hydroxylation is 2. The van der Waals surface area contributed by atoms with Crippen molar-refractivity contribution in [3.8, 4) is 11.1 Å². The minimum Gasteiger partial charge on any atom is -0.310 e. The maximum absolute atomic E-state index is 13.6. The molecule has 0 unspecified atom stereocenters. The minimum atomic E-state index is -0.689. The zero-order valence-electron chi connectivity index (χ0n) is 21.9. The first-order valence-electron chi connectivity index (χ1n) is 13.4. The zero-order chi connectivity index (χ0) is 25.8. The van der Waals surface area contributed by atoms with E-state index < -0.39 is 5.54 Å². The van der Waals surface area contributed by atoms with Crippen molar-refractivity contribution in [1.82, 2.24) is 19.7 Å². The number of hydrogen-bond acceptors (Lipinski definition) is 4. The van der Waals surface area contributed by atoms with Gasteiger partial charge in [-0.1, -0.05) is 54.6 Å². The lowest BCUT2D eigenvalue weighted by Crippen LogP contribution is -2.56. The Hall–Kier alpha value is -3.51. The van der Waals surface area contributed by atoms with Crippen LogP contribution in [0.5, 0.6) is 0 Å². The molecule has 0 radical (unpaired) electrons. The van der Waals surface area contributed by atoms with E-state index in [0.717, 1.165) is 38.0 Å². The lowest BCUT2D eigenvalue weighted by molar-refractivity contribution is -0.135. The van der Waals surface area contributed by atoms with E-state index in [4.69, 9.17) is 0 Å². The fourth-order valence-electron chi connectivity index (χ4n) is 5.91. The van der Waals surface area contributed by atoms with Crippen molar-refractivity contribution < 1.29 is 9.59 Å². The first-order valence-corrected chi connectivity index (χ1v) is 13.4. The number of urea groups is 1. The quantitative estimate of drug-likeness (QED) is 0.397. The van der Waals surface area contributed by atoms with Crippen LogP contribution in [0.3, 0.4) is 0 Å². The first kappa shape index (κ1) is 25.2. The molecule has 3 heterocycles. The van der Waals surface area contributed by atoms with Gasteiger partial charge in [-0.15, -0.1) is 0 Å². The Morgan fingerprint density at radius 3 is 2.35 bits per heavy atom. The van der Waals surface area contributed by atoms with Crippen LogP contribution in [0.1, 0.15) is 42.9 Å². The topological polar surface area (TPSA) is 56.8 Å². The summed E-state index contributed by atoms with van der Waals surface area (Å²) in [5.41, 5.74) is 5.49. The van der Waals surface area contributed by atoms with Crippen LogP contribution in [-0.4, -0.2) is 63.3 Å². The number of benzene rings is 2. The van der Waals surface area contributed by atoms with Crippen molar-refractivity contribution in [1.29, 1.82) is 0 Å². The highest BCUT2D eigenvalue weighted by atomic mass is 16.2. The number of pyridine rings is 1. The molecule has 0 saturated carbocycles. The van der Waals surface area contributed by atoms with Crippen molar-refractivity contribution in [2.75, 3.05) is 26.2 Å². The van der Waals surface area contributed by atoms with E-state index in [9.17, 15) is 9.59 Å². The molecular weight excluding hydrogens is 460 g/mol. The average Bonchev–Trinajstić information content (AvgIpc) is 3.12. The van der Waals surface area contributed by atoms with Crippen molar-refractivity contribution >= 4 is 11.9 Å². The summed E-state index contributed by atoms with van der Waals surface area (Å²) in [5, 5.41) is 0. The second-order valence-corrected chi connectivity index (χ2v) is 10.3. The Kier molecular flexibility index (Phi) is 7.38. The van der Waals surface area contributed by atoms with Gasteiger partial charge in [0.2, 0.25) is 0 Å². The van der Waals surface area contributed by atoms with Gasteiger partial charge in [0.15, 0.2) is 0 Å². The Labute approximate surface area is 219 Å². The van der Waals surface area contributed by atoms with Crippen LogP contribution in [-0.2, 0) is 17.8 Å². The van der Waals surface area contributed by atoms with Crippen LogP contribution in [0.4, 0.5) is 4.79 Å². The van der Waals surface area contributed by atoms with Crippen molar-refractivity contribution in [2.45, 2.75) is 51.6 Å². The third-order valence-electron chi connectivity index (χ3n) is 8.01. The number of aromatic nitrogens is 1. The lowest BCUT2D eigenvalue weighted by Gasteiger charge is -2.42. The molecular formula is C31H36N4O2. The monoisotopic (exact) mass is 496 g/mol. The molecule has 1 aromatic heterocycles. The molecule has 1 spiro atoms. The molecule has 6 nitrogen and oxygen atoms in total. The minimum absolute atomic E-state index is 0.00669. The number of likely N-dealkylation sites (N-methyl/N-ethyl adjacent to an activating group) is 1. The van der Waals surface area contributed by atoms with Gasteiger partial charge in [-0.05, 0) is 73.4 Å². The molecule has 2 aliphatic rings. The molecule has 2 aromatic carbocycles. The molecule has 3 aromatic rings. The summed E-state index contributed by atoms with van der Waals surface area (Å²) < 4.78 is 0. The number of hydrogen-bond donors (Lipinski definition) is 0. The number of likely N-dealkylation sites (tertiary alicyclic amines) is 1. The summed E-state index contributed by atoms with van der Waals surface area (Å²) >= 11 is 0. The number of carbonyl (C=O) groups is 2. The van der Waals surface area contributed by atoms with Crippen LogP contribution in [0.25, 0.3) is 11.1 Å². The van der Waals surface area contributed by atoms with Crippen LogP contribution in [0, 0.1) is 6.92 Å². The molecule has 0 bridgehead atoms. The highest BCUT2D eigenvalue weighted by molar-refractivity contribution is 6.07. The molecule has 3 amide bonds. The lowest BCUT2D eigenvalue weighted by atomic mass is 9.85. The number of nitrogens with zero attached hydrogens (tertiary/aromatic N) is 4. The third-order valence-corrected chi connectivity index (χ3v) is 8.01. The van der Waals surface area contributed by atoms with Crippen molar-refractivity contribution in [3.05, 3.63) is 89.7 Å². The average molecular weight is 497 g/mol. The predicted molar refractivity (Wildman–Crippen MR) is 146 cm³/mol. The summed E-state index contributed by atoms with van der Waals surface area (Å²) in [6.45, 7) is 7.61. The molecule has 192 valence electrons. The van der Waals surface area contributed by atoms with E-state index in [-0.39, 0.29) is 11.9 Å². The SMILES string of the molecule is CCN1C(=O)N(CCCc2cccnc2)C(=O)C12CCN(Cc1ccc(-c3ccccc3C)cc1)CC2. The molecule has 37 heavy (non-hydrogen) atoms. The van der Waals surface area contributed by atoms with Gasteiger partial charge in [-0.2, -0.15) is 0 Å². The second-order valence-electron chi connectivity index (χ2n) is 10.3. The normalized spacial score (nSPS) is 17.7. The zero-order valence-corrected chi connectivity index (χ0v) is 21.9. The molecule has 5 rings (SSSR count). The smallest absolute Gasteiger partial charge is 0.310 e. The molecule has 2 saturated heterocycles. The van der Waals surface area contributed by atoms with Gasteiger partial charge in [0.1, 0.15) is 5.54 Å². The van der Waals surface area contributed by atoms with Gasteiger partial charge in [0, 0.05) is 45.1 Å². The Morgan fingerprint density at radius 2 is 1.68 bits per heavy atom. The standard InChI is InChI=1S/C31H36N4O2/c1-3-35-30(37)34(19-7-10-25-9-6-18-32-22-25)29(36)31(35)16-20-33(21-17-31)23-26-12-14-27(15-13-26)28-11-5-4-8-24(28)2/h4-6,8-9,11-15,18,22H,3,7,10,16-17,19-21,23H2,1-2H3. The van der Waals surface area contributed by atoms with E-state index in [1.165, 1.54) is 27.2 Å². The predicted octanol–water partition coefficient (Wildman–Crippen LogP) is 5.31. The molecule has 6 heteroatoms. The van der Waals surface area contributed by atoms with Gasteiger partial charge in [0.25, 0.3) is 5.91 Å². The molecule has 2 fully saturated rings. The van der Waals surface area contributed by atoms with Crippen LogP contribution in [0.2, 0.25) is 0 Å². The summed E-state index contributed by atoms with van der Waals surface area (Å²) in [6, 6.07) is 21.1. The third kappa shape index (κ3) is 5.03. The van der Waals surface area contributed by atoms with Crippen molar-refractivity contribution in [3.63, 3.8) is 0 Å². The molecule has 0 N–H and O–H groups in total. The number of imide groups is 1. The van der Waals surface area contributed by atoms with Crippen LogP contribution in [0.15, 0.2) is 73.1 Å². The van der Waals surface area contributed by atoms with E-state index >= 15 is 0 Å². The van der Waals surface area contributed by atoms with Gasteiger partial charge < -0.3 is 4.90 Å². The van der Waals surface area contributed by atoms with Crippen LogP contribution >= 0.6 is 0 Å². The number of carbonyl (C=O) groups excluding carboxylic acids is 2. The maximum atomic E-state index is 13.6. The maximum Gasteiger partial charge on any atom is 0.327 e. The second kappa shape index (κ2) is 10.9. The number of rotatable bonds is 8. The Bertz CT molecular complexity index is 1230.